The van der Waals surface area contributed by atoms with Crippen molar-refractivity contribution in [2.24, 2.45) is 4.99 Å². The number of thioether (sulfide) groups is 1. The Balaban J connectivity index is 1.84. The van der Waals surface area contributed by atoms with Gasteiger partial charge in [-0.1, -0.05) is 40.7 Å². The summed E-state index contributed by atoms with van der Waals surface area (Å²) in [5.74, 6) is 2.03. The quantitative estimate of drug-likeness (QED) is 0.649. The summed E-state index contributed by atoms with van der Waals surface area (Å²) in [5.41, 5.74) is 2.19. The first-order chi connectivity index (χ1) is 12.7. The Hall–Kier alpha value is -1.53. The summed E-state index contributed by atoms with van der Waals surface area (Å²) in [5, 5.41) is 1.14. The fourth-order valence-corrected chi connectivity index (χ4v) is 5.44. The molecule has 0 radical (unpaired) electrons. The van der Waals surface area contributed by atoms with Gasteiger partial charge in [0.2, 0.25) is 0 Å². The van der Waals surface area contributed by atoms with Crippen LogP contribution in [0.2, 0.25) is 0 Å². The minimum absolute atomic E-state index is 0.0124. The molecular formula is C20H22BrN3OS. The van der Waals surface area contributed by atoms with E-state index in [-0.39, 0.29) is 12.1 Å². The van der Waals surface area contributed by atoms with Gasteiger partial charge >= 0.3 is 0 Å². The Morgan fingerprint density at radius 2 is 2.15 bits per heavy atom. The Bertz CT molecular complexity index is 814. The van der Waals surface area contributed by atoms with Gasteiger partial charge in [-0.3, -0.25) is 9.98 Å². The van der Waals surface area contributed by atoms with E-state index in [2.05, 4.69) is 50.9 Å². The van der Waals surface area contributed by atoms with Crippen molar-refractivity contribution in [3.05, 3.63) is 58.3 Å². The highest BCUT2D eigenvalue weighted by Crippen LogP contribution is 2.50. The summed E-state index contributed by atoms with van der Waals surface area (Å²) in [7, 11) is 0. The van der Waals surface area contributed by atoms with Gasteiger partial charge in [0.1, 0.15) is 11.8 Å². The fourth-order valence-electron chi connectivity index (χ4n) is 3.72. The molecule has 0 unspecified atom stereocenters. The van der Waals surface area contributed by atoms with Gasteiger partial charge in [0.25, 0.3) is 0 Å². The maximum absolute atomic E-state index is 5.98. The predicted octanol–water partition coefficient (Wildman–Crippen LogP) is 5.22. The Labute approximate surface area is 167 Å². The van der Waals surface area contributed by atoms with Crippen LogP contribution < -0.4 is 4.74 Å². The van der Waals surface area contributed by atoms with E-state index >= 15 is 0 Å². The normalized spacial score (nSPS) is 24.5. The maximum Gasteiger partial charge on any atom is 0.160 e. The van der Waals surface area contributed by atoms with Crippen molar-refractivity contribution in [3.8, 4) is 5.75 Å². The van der Waals surface area contributed by atoms with Crippen LogP contribution in [0.15, 0.2) is 52.1 Å². The molecule has 1 aromatic heterocycles. The van der Waals surface area contributed by atoms with Crippen LogP contribution in [0.1, 0.15) is 43.6 Å². The van der Waals surface area contributed by atoms with Gasteiger partial charge < -0.3 is 9.64 Å². The van der Waals surface area contributed by atoms with E-state index in [1.54, 1.807) is 0 Å². The van der Waals surface area contributed by atoms with Crippen LogP contribution >= 0.6 is 27.7 Å². The van der Waals surface area contributed by atoms with E-state index < -0.39 is 0 Å². The first kappa shape index (κ1) is 17.9. The number of benzene rings is 1. The van der Waals surface area contributed by atoms with Crippen LogP contribution in [0.5, 0.6) is 5.75 Å². The van der Waals surface area contributed by atoms with Gasteiger partial charge in [-0.15, -0.1) is 0 Å². The van der Waals surface area contributed by atoms with E-state index in [9.17, 15) is 0 Å². The number of aromatic nitrogens is 1. The zero-order valence-electron chi connectivity index (χ0n) is 14.9. The lowest BCUT2D eigenvalue weighted by atomic mass is 9.94. The molecule has 4 rings (SSSR count). The molecule has 0 N–H and O–H groups in total. The predicted molar refractivity (Wildman–Crippen MR) is 111 cm³/mol. The third-order valence-corrected chi connectivity index (χ3v) is 6.54. The van der Waals surface area contributed by atoms with Gasteiger partial charge in [-0.05, 0) is 43.7 Å². The van der Waals surface area contributed by atoms with E-state index in [0.29, 0.717) is 12.6 Å². The zero-order valence-corrected chi connectivity index (χ0v) is 17.3. The molecule has 0 amide bonds. The van der Waals surface area contributed by atoms with Gasteiger partial charge in [0.05, 0.1) is 18.3 Å². The maximum atomic E-state index is 5.98. The number of hydrogen-bond donors (Lipinski definition) is 0. The summed E-state index contributed by atoms with van der Waals surface area (Å²) >= 11 is 5.50. The summed E-state index contributed by atoms with van der Waals surface area (Å²) in [6, 6.07) is 12.9. The summed E-state index contributed by atoms with van der Waals surface area (Å²) in [4.78, 5) is 12.2. The van der Waals surface area contributed by atoms with Crippen molar-refractivity contribution in [1.82, 2.24) is 9.88 Å². The van der Waals surface area contributed by atoms with Crippen LogP contribution in [0.4, 0.5) is 0 Å². The number of hydrogen-bond acceptors (Lipinski definition) is 5. The summed E-state index contributed by atoms with van der Waals surface area (Å²) in [6.07, 6.45) is 2.96. The molecule has 136 valence electrons. The number of amidine groups is 1. The largest absolute Gasteiger partial charge is 0.494 e. The first-order valence-corrected chi connectivity index (χ1v) is 10.8. The summed E-state index contributed by atoms with van der Waals surface area (Å²) < 4.78 is 7.04. The molecule has 1 aromatic carbocycles. The molecule has 6 heteroatoms. The van der Waals surface area contributed by atoms with Crippen molar-refractivity contribution >= 4 is 32.9 Å². The molecule has 4 nitrogen and oxygen atoms in total. The van der Waals surface area contributed by atoms with Crippen LogP contribution in [0, 0.1) is 0 Å². The standard InChI is InChI=1S/C20H22BrN3OS/c1-3-14-12-26-20-23-18(16-7-5-6-10-22-16)19(24(14)20)15-11-13(21)8-9-17(15)25-4-2/h5-11,14,18-19H,3-4,12H2,1-2H3/t14-,18+,19+/m1/s1. The van der Waals surface area contributed by atoms with Gasteiger partial charge in [0, 0.05) is 28.0 Å². The number of aliphatic imine (C=N–C) groups is 1. The fraction of sp³-hybridized carbons (Fsp3) is 0.400. The molecule has 2 aliphatic rings. The zero-order chi connectivity index (χ0) is 18.1. The number of pyridine rings is 1. The van der Waals surface area contributed by atoms with Crippen molar-refractivity contribution in [3.63, 3.8) is 0 Å². The number of nitrogens with zero attached hydrogens (tertiary/aromatic N) is 3. The Morgan fingerprint density at radius 1 is 1.27 bits per heavy atom. The molecule has 0 saturated carbocycles. The molecule has 0 bridgehead atoms. The second-order valence-electron chi connectivity index (χ2n) is 6.45. The van der Waals surface area contributed by atoms with Crippen LogP contribution in [-0.2, 0) is 0 Å². The SMILES string of the molecule is CCOc1ccc(Br)cc1[C@H]1[C@H](c2ccccn2)N=C2SC[C@@H](CC)N21. The smallest absolute Gasteiger partial charge is 0.160 e. The second kappa shape index (κ2) is 7.61. The molecule has 26 heavy (non-hydrogen) atoms. The topological polar surface area (TPSA) is 37.7 Å². The van der Waals surface area contributed by atoms with E-state index in [1.165, 1.54) is 5.56 Å². The van der Waals surface area contributed by atoms with Crippen molar-refractivity contribution < 1.29 is 4.74 Å². The highest BCUT2D eigenvalue weighted by atomic mass is 79.9. The monoisotopic (exact) mass is 431 g/mol. The lowest BCUT2D eigenvalue weighted by Crippen LogP contribution is -2.35. The van der Waals surface area contributed by atoms with Crippen molar-refractivity contribution in [1.29, 1.82) is 0 Å². The van der Waals surface area contributed by atoms with Crippen molar-refractivity contribution in [2.45, 2.75) is 38.4 Å². The molecule has 3 heterocycles. The van der Waals surface area contributed by atoms with Crippen LogP contribution in [0.25, 0.3) is 0 Å². The van der Waals surface area contributed by atoms with Gasteiger partial charge in [0.15, 0.2) is 5.17 Å². The minimum Gasteiger partial charge on any atom is -0.494 e. The lowest BCUT2D eigenvalue weighted by Gasteiger charge is -2.32. The Morgan fingerprint density at radius 3 is 2.88 bits per heavy atom. The van der Waals surface area contributed by atoms with E-state index in [1.807, 2.05) is 43.1 Å². The average molecular weight is 432 g/mol. The first-order valence-electron chi connectivity index (χ1n) is 9.05. The molecule has 1 fully saturated rings. The summed E-state index contributed by atoms with van der Waals surface area (Å²) in [6.45, 7) is 4.93. The van der Waals surface area contributed by atoms with Crippen molar-refractivity contribution in [2.75, 3.05) is 12.4 Å². The third kappa shape index (κ3) is 3.14. The minimum atomic E-state index is -0.0124. The molecule has 0 spiro atoms. The molecular weight excluding hydrogens is 410 g/mol. The highest BCUT2D eigenvalue weighted by Gasteiger charge is 2.46. The number of fused-ring (bicyclic) bond motifs is 1. The van der Waals surface area contributed by atoms with Crippen LogP contribution in [-0.4, -0.2) is 33.5 Å². The molecule has 3 atom stereocenters. The van der Waals surface area contributed by atoms with Gasteiger partial charge in [-0.25, -0.2) is 0 Å². The number of rotatable bonds is 5. The highest BCUT2D eigenvalue weighted by molar-refractivity contribution is 9.10. The van der Waals surface area contributed by atoms with E-state index in [4.69, 9.17) is 9.73 Å². The molecule has 0 aliphatic carbocycles. The second-order valence-corrected chi connectivity index (χ2v) is 8.35. The van der Waals surface area contributed by atoms with Gasteiger partial charge in [-0.2, -0.15) is 0 Å². The molecule has 2 aliphatic heterocycles. The average Bonchev–Trinajstić information content (AvgIpc) is 3.23. The molecule has 1 saturated heterocycles. The Kier molecular flexibility index (Phi) is 5.23. The third-order valence-electron chi connectivity index (χ3n) is 4.92. The number of ether oxygens (including phenoxy) is 1. The lowest BCUT2D eigenvalue weighted by molar-refractivity contribution is 0.245. The van der Waals surface area contributed by atoms with Crippen LogP contribution in [0.3, 0.4) is 0 Å². The van der Waals surface area contributed by atoms with E-state index in [0.717, 1.165) is 33.3 Å². The number of halogens is 1. The molecule has 2 aromatic rings.